The van der Waals surface area contributed by atoms with E-state index in [9.17, 15) is 4.79 Å². The maximum absolute atomic E-state index is 10.2. The van der Waals surface area contributed by atoms with E-state index in [1.165, 1.54) is 32.4 Å². The predicted octanol–water partition coefficient (Wildman–Crippen LogP) is 1.47. The van der Waals surface area contributed by atoms with Gasteiger partial charge in [0.25, 0.3) is 0 Å². The average Bonchev–Trinajstić information content (AvgIpc) is 2.21. The molecule has 15 heavy (non-hydrogen) atoms. The summed E-state index contributed by atoms with van der Waals surface area (Å²) < 4.78 is 0. The molecule has 4 N–H and O–H groups in total. The van der Waals surface area contributed by atoms with Gasteiger partial charge in [-0.15, -0.1) is 0 Å². The van der Waals surface area contributed by atoms with Crippen LogP contribution in [0.1, 0.15) is 39.5 Å². The zero-order valence-corrected chi connectivity index (χ0v) is 9.68. The maximum Gasteiger partial charge on any atom is 0.333 e. The second-order valence-corrected chi connectivity index (χ2v) is 3.63. The normalized spacial score (nSPS) is 17.2. The number of aliphatic carboxylic acids is 1. The van der Waals surface area contributed by atoms with Crippen LogP contribution in [0.3, 0.4) is 0 Å². The van der Waals surface area contributed by atoms with Crippen LogP contribution in [0.25, 0.3) is 0 Å². The average molecular weight is 214 g/mol. The maximum atomic E-state index is 10.2. The van der Waals surface area contributed by atoms with Gasteiger partial charge < -0.3 is 16.2 Å². The minimum atomic E-state index is -0.919. The molecule has 0 radical (unpaired) electrons. The lowest BCUT2D eigenvalue weighted by Crippen LogP contribution is -2.21. The first-order valence-corrected chi connectivity index (χ1v) is 5.48. The molecule has 0 aliphatic carbocycles. The van der Waals surface area contributed by atoms with Gasteiger partial charge in [0.05, 0.1) is 5.57 Å². The molecule has 1 fully saturated rings. The highest BCUT2D eigenvalue weighted by Crippen LogP contribution is 2.02. The van der Waals surface area contributed by atoms with E-state index in [1.54, 1.807) is 13.8 Å². The lowest BCUT2D eigenvalue weighted by atomic mass is 10.2. The SMILES string of the molecule is C1CCNCC1.CCC(C(=O)O)=C(C)N. The summed E-state index contributed by atoms with van der Waals surface area (Å²) in [6.45, 7) is 5.85. The second-order valence-electron chi connectivity index (χ2n) is 3.63. The Kier molecular flexibility index (Phi) is 7.72. The third-order valence-electron chi connectivity index (χ3n) is 2.29. The predicted molar refractivity (Wildman–Crippen MR) is 61.5 cm³/mol. The molecule has 1 aliphatic heterocycles. The molecule has 0 atom stereocenters. The number of rotatable bonds is 2. The Morgan fingerprint density at radius 1 is 1.33 bits per heavy atom. The molecule has 0 aromatic heterocycles. The molecule has 88 valence electrons. The summed E-state index contributed by atoms with van der Waals surface area (Å²) in [7, 11) is 0. The Hall–Kier alpha value is -1.03. The molecule has 1 rings (SSSR count). The number of hydrogen-bond acceptors (Lipinski definition) is 3. The Balaban J connectivity index is 0.000000280. The minimum absolute atomic E-state index is 0.301. The van der Waals surface area contributed by atoms with E-state index in [4.69, 9.17) is 10.8 Å². The molecule has 1 saturated heterocycles. The third-order valence-corrected chi connectivity index (χ3v) is 2.29. The zero-order valence-electron chi connectivity index (χ0n) is 9.68. The Bertz CT molecular complexity index is 205. The Morgan fingerprint density at radius 3 is 1.93 bits per heavy atom. The standard InChI is InChI=1S/C6H11NO2.C5H11N/c1-3-5(4(2)7)6(8)9;1-2-4-6-5-3-1/h3,7H2,1-2H3,(H,8,9);6H,1-5H2. The summed E-state index contributed by atoms with van der Waals surface area (Å²) in [4.78, 5) is 10.2. The minimum Gasteiger partial charge on any atom is -0.478 e. The van der Waals surface area contributed by atoms with Gasteiger partial charge in [-0.25, -0.2) is 4.79 Å². The van der Waals surface area contributed by atoms with Crippen LogP contribution in [-0.2, 0) is 4.79 Å². The fraction of sp³-hybridized carbons (Fsp3) is 0.727. The van der Waals surface area contributed by atoms with E-state index >= 15 is 0 Å². The van der Waals surface area contributed by atoms with Gasteiger partial charge in [0.2, 0.25) is 0 Å². The number of allylic oxidation sites excluding steroid dienone is 1. The number of hydrogen-bond donors (Lipinski definition) is 3. The van der Waals surface area contributed by atoms with Crippen molar-refractivity contribution in [3.8, 4) is 0 Å². The van der Waals surface area contributed by atoms with Gasteiger partial charge in [-0.2, -0.15) is 0 Å². The molecule has 4 nitrogen and oxygen atoms in total. The molecular weight excluding hydrogens is 192 g/mol. The van der Waals surface area contributed by atoms with E-state index in [0.717, 1.165) is 0 Å². The first-order valence-electron chi connectivity index (χ1n) is 5.48. The van der Waals surface area contributed by atoms with Gasteiger partial charge in [-0.05, 0) is 39.3 Å². The van der Waals surface area contributed by atoms with Crippen LogP contribution in [0.4, 0.5) is 0 Å². The highest BCUT2D eigenvalue weighted by molar-refractivity contribution is 5.87. The first-order chi connectivity index (χ1) is 7.09. The fourth-order valence-corrected chi connectivity index (χ4v) is 1.40. The summed E-state index contributed by atoms with van der Waals surface area (Å²) in [5.41, 5.74) is 5.94. The van der Waals surface area contributed by atoms with Crippen molar-refractivity contribution in [2.45, 2.75) is 39.5 Å². The lowest BCUT2D eigenvalue weighted by Gasteiger charge is -2.08. The summed E-state index contributed by atoms with van der Waals surface area (Å²) in [6.07, 6.45) is 4.70. The van der Waals surface area contributed by atoms with Crippen LogP contribution in [0.2, 0.25) is 0 Å². The molecule has 0 bridgehead atoms. The van der Waals surface area contributed by atoms with Crippen molar-refractivity contribution in [3.05, 3.63) is 11.3 Å². The van der Waals surface area contributed by atoms with Crippen molar-refractivity contribution in [1.29, 1.82) is 0 Å². The Labute approximate surface area is 91.5 Å². The van der Waals surface area contributed by atoms with Crippen molar-refractivity contribution in [2.24, 2.45) is 5.73 Å². The van der Waals surface area contributed by atoms with E-state index in [1.807, 2.05) is 0 Å². The van der Waals surface area contributed by atoms with Gasteiger partial charge in [-0.1, -0.05) is 13.3 Å². The largest absolute Gasteiger partial charge is 0.478 e. The molecule has 0 saturated carbocycles. The molecule has 0 aromatic rings. The molecule has 1 aliphatic rings. The summed E-state index contributed by atoms with van der Waals surface area (Å²) >= 11 is 0. The molecule has 0 aromatic carbocycles. The van der Waals surface area contributed by atoms with Crippen molar-refractivity contribution in [2.75, 3.05) is 13.1 Å². The van der Waals surface area contributed by atoms with E-state index in [0.29, 0.717) is 17.7 Å². The summed E-state index contributed by atoms with van der Waals surface area (Å²) in [6, 6.07) is 0. The van der Waals surface area contributed by atoms with Crippen LogP contribution in [0.5, 0.6) is 0 Å². The summed E-state index contributed by atoms with van der Waals surface area (Å²) in [5.74, 6) is -0.919. The Morgan fingerprint density at radius 2 is 1.87 bits per heavy atom. The van der Waals surface area contributed by atoms with Gasteiger partial charge in [-0.3, -0.25) is 0 Å². The molecule has 0 unspecified atom stereocenters. The summed E-state index contributed by atoms with van der Waals surface area (Å²) in [5, 5.41) is 11.7. The van der Waals surface area contributed by atoms with Crippen molar-refractivity contribution >= 4 is 5.97 Å². The van der Waals surface area contributed by atoms with Gasteiger partial charge in [0, 0.05) is 5.70 Å². The van der Waals surface area contributed by atoms with Gasteiger partial charge in [0.15, 0.2) is 0 Å². The van der Waals surface area contributed by atoms with E-state index in [-0.39, 0.29) is 0 Å². The first kappa shape index (κ1) is 14.0. The van der Waals surface area contributed by atoms with Crippen molar-refractivity contribution < 1.29 is 9.90 Å². The van der Waals surface area contributed by atoms with Crippen LogP contribution >= 0.6 is 0 Å². The number of piperidine rings is 1. The van der Waals surface area contributed by atoms with Crippen molar-refractivity contribution in [1.82, 2.24) is 5.32 Å². The lowest BCUT2D eigenvalue weighted by molar-refractivity contribution is -0.132. The second kappa shape index (κ2) is 8.29. The molecule has 0 spiro atoms. The molecule has 1 heterocycles. The smallest absolute Gasteiger partial charge is 0.333 e. The van der Waals surface area contributed by atoms with Gasteiger partial charge >= 0.3 is 5.97 Å². The van der Waals surface area contributed by atoms with E-state index in [2.05, 4.69) is 5.32 Å². The van der Waals surface area contributed by atoms with Gasteiger partial charge in [0.1, 0.15) is 0 Å². The quantitative estimate of drug-likeness (QED) is 0.608. The monoisotopic (exact) mass is 214 g/mol. The molecule has 0 amide bonds. The number of nitrogens with two attached hydrogens (primary N) is 1. The number of carbonyl (C=O) groups is 1. The van der Waals surface area contributed by atoms with E-state index < -0.39 is 5.97 Å². The highest BCUT2D eigenvalue weighted by atomic mass is 16.4. The number of carboxylic acid groups (broad SMARTS) is 1. The topological polar surface area (TPSA) is 75.3 Å². The van der Waals surface area contributed by atoms with Crippen LogP contribution < -0.4 is 11.1 Å². The van der Waals surface area contributed by atoms with Crippen molar-refractivity contribution in [3.63, 3.8) is 0 Å². The van der Waals surface area contributed by atoms with Crippen LogP contribution in [0.15, 0.2) is 11.3 Å². The molecule has 4 heteroatoms. The fourth-order valence-electron chi connectivity index (χ4n) is 1.40. The zero-order chi connectivity index (χ0) is 11.7. The van der Waals surface area contributed by atoms with Crippen LogP contribution in [-0.4, -0.2) is 24.2 Å². The number of nitrogens with one attached hydrogen (secondary N) is 1. The number of carboxylic acids is 1. The highest BCUT2D eigenvalue weighted by Gasteiger charge is 2.05. The third kappa shape index (κ3) is 6.96. The van der Waals surface area contributed by atoms with Crippen LogP contribution in [0, 0.1) is 0 Å². The molecular formula is C11H22N2O2.